The molecule has 3 fully saturated rings. The third-order valence-corrected chi connectivity index (χ3v) is 6.26. The lowest BCUT2D eigenvalue weighted by Crippen LogP contribution is -2.44. The summed E-state index contributed by atoms with van der Waals surface area (Å²) in [5.41, 5.74) is 1.94. The number of amides is 1. The first-order valence-electron chi connectivity index (χ1n) is 7.97. The van der Waals surface area contributed by atoms with Crippen LogP contribution < -0.4 is 10.6 Å². The Labute approximate surface area is 129 Å². The molecule has 22 heavy (non-hydrogen) atoms. The Balaban J connectivity index is 1.44. The van der Waals surface area contributed by atoms with Gasteiger partial charge in [0.1, 0.15) is 0 Å². The Kier molecular flexibility index (Phi) is 2.03. The molecule has 2 aliphatic carbocycles. The van der Waals surface area contributed by atoms with E-state index in [0.29, 0.717) is 11.3 Å². The maximum atomic E-state index is 12.9. The van der Waals surface area contributed by atoms with Crippen molar-refractivity contribution >= 4 is 11.4 Å². The molecule has 1 aliphatic heterocycles. The second-order valence-electron chi connectivity index (χ2n) is 7.66. The van der Waals surface area contributed by atoms with Gasteiger partial charge in [0.2, 0.25) is 5.91 Å². The van der Waals surface area contributed by atoms with E-state index in [1.165, 1.54) is 0 Å². The molecule has 114 valence electrons. The molecule has 2 aromatic rings. The van der Waals surface area contributed by atoms with E-state index < -0.39 is 5.54 Å². The van der Waals surface area contributed by atoms with Gasteiger partial charge < -0.3 is 10.6 Å². The van der Waals surface area contributed by atoms with Gasteiger partial charge in [-0.1, -0.05) is 6.07 Å². The summed E-state index contributed by atoms with van der Waals surface area (Å²) in [4.78, 5) is 12.9. The lowest BCUT2D eigenvalue weighted by molar-refractivity contribution is -0.126. The Bertz CT molecular complexity index is 810. The van der Waals surface area contributed by atoms with Crippen LogP contribution in [0.3, 0.4) is 0 Å². The van der Waals surface area contributed by atoms with E-state index in [0.717, 1.165) is 30.6 Å². The van der Waals surface area contributed by atoms with Gasteiger partial charge in [0, 0.05) is 23.7 Å². The number of hydrogen-bond donors (Lipinski definition) is 2. The second-order valence-corrected chi connectivity index (χ2v) is 7.66. The monoisotopic (exact) mass is 296 g/mol. The van der Waals surface area contributed by atoms with Crippen LogP contribution in [0, 0.1) is 16.7 Å². The minimum atomic E-state index is -0.414. The molecule has 0 radical (unpaired) electrons. The van der Waals surface area contributed by atoms with Crippen LogP contribution in [0.5, 0.6) is 0 Å². The van der Waals surface area contributed by atoms with E-state index in [9.17, 15) is 4.79 Å². The maximum Gasteiger partial charge on any atom is 0.227 e. The summed E-state index contributed by atoms with van der Waals surface area (Å²) >= 11 is 0. The molecule has 5 heteroatoms. The zero-order valence-electron chi connectivity index (χ0n) is 12.9. The van der Waals surface area contributed by atoms with Crippen LogP contribution in [0.25, 0.3) is 5.52 Å². The van der Waals surface area contributed by atoms with Gasteiger partial charge >= 0.3 is 0 Å². The van der Waals surface area contributed by atoms with E-state index >= 15 is 0 Å². The molecule has 3 heterocycles. The Morgan fingerprint density at radius 2 is 2.36 bits per heavy atom. The number of piperidine rings is 1. The highest BCUT2D eigenvalue weighted by Gasteiger charge is 2.95. The predicted molar refractivity (Wildman–Crippen MR) is 82.2 cm³/mol. The van der Waals surface area contributed by atoms with Crippen molar-refractivity contribution in [3.05, 3.63) is 36.2 Å². The topological polar surface area (TPSA) is 58.4 Å². The molecule has 3 atom stereocenters. The van der Waals surface area contributed by atoms with Crippen LogP contribution in [0.2, 0.25) is 0 Å². The highest BCUT2D eigenvalue weighted by Crippen LogP contribution is 2.91. The fourth-order valence-corrected chi connectivity index (χ4v) is 4.83. The average Bonchev–Trinajstić information content (AvgIpc) is 3.09. The molecular weight excluding hydrogens is 276 g/mol. The summed E-state index contributed by atoms with van der Waals surface area (Å²) in [5.74, 6) is 0.805. The highest BCUT2D eigenvalue weighted by molar-refractivity contribution is 5.94. The molecule has 0 bridgehead atoms. The third kappa shape index (κ3) is 1.25. The van der Waals surface area contributed by atoms with Crippen molar-refractivity contribution in [2.24, 2.45) is 16.7 Å². The number of nitrogens with one attached hydrogen (secondary N) is 2. The first-order chi connectivity index (χ1) is 10.5. The molecule has 2 saturated carbocycles. The minimum absolute atomic E-state index is 0.0571. The van der Waals surface area contributed by atoms with Crippen molar-refractivity contribution < 1.29 is 4.79 Å². The SMILES string of the molecule is CC(C)(NC(=O)C12CC13CNCC32)c1cnn2ccccc12. The summed E-state index contributed by atoms with van der Waals surface area (Å²) in [6.45, 7) is 6.15. The first-order valence-corrected chi connectivity index (χ1v) is 7.97. The fraction of sp³-hybridized carbons (Fsp3) is 0.529. The summed E-state index contributed by atoms with van der Waals surface area (Å²) in [6, 6.07) is 6.01. The van der Waals surface area contributed by atoms with E-state index in [1.807, 2.05) is 35.1 Å². The second kappa shape index (κ2) is 3.54. The Hall–Kier alpha value is -1.88. The third-order valence-electron chi connectivity index (χ3n) is 6.26. The van der Waals surface area contributed by atoms with Crippen molar-refractivity contribution in [1.82, 2.24) is 20.2 Å². The lowest BCUT2D eigenvalue weighted by atomic mass is 9.94. The van der Waals surface area contributed by atoms with Crippen LogP contribution >= 0.6 is 0 Å². The summed E-state index contributed by atoms with van der Waals surface area (Å²) in [6.07, 6.45) is 4.86. The van der Waals surface area contributed by atoms with Crippen LogP contribution in [0.15, 0.2) is 30.6 Å². The predicted octanol–water partition coefficient (Wildman–Crippen LogP) is 1.30. The van der Waals surface area contributed by atoms with Gasteiger partial charge in [0.15, 0.2) is 0 Å². The minimum Gasteiger partial charge on any atom is -0.346 e. The van der Waals surface area contributed by atoms with Gasteiger partial charge in [0.05, 0.1) is 22.7 Å². The molecule has 1 spiro atoms. The number of nitrogens with zero attached hydrogens (tertiary/aromatic N) is 2. The normalized spacial score (nSPS) is 35.1. The van der Waals surface area contributed by atoms with E-state index in [-0.39, 0.29) is 11.3 Å². The van der Waals surface area contributed by atoms with Crippen molar-refractivity contribution in [3.8, 4) is 0 Å². The molecule has 2 aromatic heterocycles. The molecule has 5 rings (SSSR count). The fourth-order valence-electron chi connectivity index (χ4n) is 4.83. The molecule has 1 amide bonds. The van der Waals surface area contributed by atoms with E-state index in [4.69, 9.17) is 0 Å². The molecule has 2 N–H and O–H groups in total. The van der Waals surface area contributed by atoms with Gasteiger partial charge in [-0.15, -0.1) is 0 Å². The van der Waals surface area contributed by atoms with Crippen molar-refractivity contribution in [2.45, 2.75) is 25.8 Å². The van der Waals surface area contributed by atoms with Crippen molar-refractivity contribution in [3.63, 3.8) is 0 Å². The first kappa shape index (κ1) is 12.6. The Morgan fingerprint density at radius 3 is 3.14 bits per heavy atom. The summed E-state index contributed by atoms with van der Waals surface area (Å²) < 4.78 is 1.86. The summed E-state index contributed by atoms with van der Waals surface area (Å²) in [7, 11) is 0. The quantitative estimate of drug-likeness (QED) is 0.897. The van der Waals surface area contributed by atoms with Gasteiger partial charge in [-0.3, -0.25) is 4.79 Å². The van der Waals surface area contributed by atoms with Gasteiger partial charge in [-0.25, -0.2) is 4.52 Å². The average molecular weight is 296 g/mol. The smallest absolute Gasteiger partial charge is 0.227 e. The van der Waals surface area contributed by atoms with Gasteiger partial charge in [-0.05, 0) is 44.9 Å². The van der Waals surface area contributed by atoms with E-state index in [1.54, 1.807) is 0 Å². The number of aromatic nitrogens is 2. The number of carbonyl (C=O) groups is 1. The zero-order chi connectivity index (χ0) is 15.2. The van der Waals surface area contributed by atoms with Crippen molar-refractivity contribution in [1.29, 1.82) is 0 Å². The number of carbonyl (C=O) groups excluding carboxylic acids is 1. The van der Waals surface area contributed by atoms with Gasteiger partial charge in [-0.2, -0.15) is 5.10 Å². The molecule has 3 unspecified atom stereocenters. The lowest BCUT2D eigenvalue weighted by Gasteiger charge is -2.27. The van der Waals surface area contributed by atoms with Crippen LogP contribution in [-0.4, -0.2) is 28.6 Å². The van der Waals surface area contributed by atoms with Crippen LogP contribution in [0.4, 0.5) is 0 Å². The van der Waals surface area contributed by atoms with Crippen LogP contribution in [0.1, 0.15) is 25.8 Å². The largest absolute Gasteiger partial charge is 0.346 e. The maximum absolute atomic E-state index is 12.9. The standard InChI is InChI=1S/C17H20N4O/c1-15(2,11-7-19-21-6-4-3-5-12(11)21)20-14(22)17-9-16(17)10-18-8-13(16)17/h3-7,13,18H,8-10H2,1-2H3,(H,20,22). The number of rotatable bonds is 3. The molecule has 3 aliphatic rings. The van der Waals surface area contributed by atoms with Gasteiger partial charge in [0.25, 0.3) is 0 Å². The van der Waals surface area contributed by atoms with Crippen LogP contribution in [-0.2, 0) is 10.3 Å². The zero-order valence-corrected chi connectivity index (χ0v) is 12.9. The molecular formula is C17H20N4O. The number of pyridine rings is 1. The molecule has 1 saturated heterocycles. The number of hydrogen-bond acceptors (Lipinski definition) is 3. The highest BCUT2D eigenvalue weighted by atomic mass is 16.2. The molecule has 0 aromatic carbocycles. The molecule has 5 nitrogen and oxygen atoms in total. The van der Waals surface area contributed by atoms with E-state index in [2.05, 4.69) is 29.6 Å². The summed E-state index contributed by atoms with van der Waals surface area (Å²) in [5, 5.41) is 11.1. The van der Waals surface area contributed by atoms with Crippen molar-refractivity contribution in [2.75, 3.05) is 13.1 Å². The Morgan fingerprint density at radius 1 is 1.50 bits per heavy atom. The number of fused-ring (bicyclic) bond motifs is 2.